The van der Waals surface area contributed by atoms with E-state index >= 15 is 0 Å². The lowest BCUT2D eigenvalue weighted by Crippen LogP contribution is -2.29. The number of fused-ring (bicyclic) bond motifs is 1. The van der Waals surface area contributed by atoms with Crippen molar-refractivity contribution in [3.8, 4) is 5.75 Å². The highest BCUT2D eigenvalue weighted by molar-refractivity contribution is 9.10. The monoisotopic (exact) mass is 579 g/mol. The van der Waals surface area contributed by atoms with Crippen molar-refractivity contribution < 1.29 is 9.53 Å². The van der Waals surface area contributed by atoms with Gasteiger partial charge in [0, 0.05) is 38.1 Å². The number of likely N-dealkylation sites (N-methyl/N-ethyl adjacent to an activating group) is 2. The number of benzene rings is 2. The average Bonchev–Trinajstić information content (AvgIpc) is 3.37. The fourth-order valence-corrected chi connectivity index (χ4v) is 4.62. The Labute approximate surface area is 232 Å². The number of hydrogen-bond acceptors (Lipinski definition) is 8. The second-order valence-corrected chi connectivity index (χ2v) is 10.3. The first-order valence-corrected chi connectivity index (χ1v) is 13.3. The molecule has 1 amide bonds. The van der Waals surface area contributed by atoms with Gasteiger partial charge in [-0.2, -0.15) is 4.98 Å². The number of methoxy groups -OCH3 is 1. The van der Waals surface area contributed by atoms with Crippen LogP contribution in [0.25, 0.3) is 0 Å². The predicted molar refractivity (Wildman–Crippen MR) is 158 cm³/mol. The number of amides is 1. The summed E-state index contributed by atoms with van der Waals surface area (Å²) in [6.45, 7) is 5.19. The highest BCUT2D eigenvalue weighted by atomic mass is 79.9. The lowest BCUT2D eigenvalue weighted by Gasteiger charge is -2.26. The normalized spacial score (nSPS) is 12.2. The van der Waals surface area contributed by atoms with Crippen LogP contribution in [0.1, 0.15) is 17.5 Å². The van der Waals surface area contributed by atoms with E-state index in [0.717, 1.165) is 41.8 Å². The molecule has 9 nitrogen and oxygen atoms in total. The van der Waals surface area contributed by atoms with E-state index < -0.39 is 0 Å². The van der Waals surface area contributed by atoms with Gasteiger partial charge in [0.2, 0.25) is 11.9 Å². The molecule has 200 valence electrons. The highest BCUT2D eigenvalue weighted by Gasteiger charge is 2.17. The number of nitrogens with one attached hydrogen (secondary N) is 3. The molecule has 0 fully saturated rings. The third-order valence-corrected chi connectivity index (χ3v) is 6.99. The zero-order valence-electron chi connectivity index (χ0n) is 22.3. The molecule has 2 aromatic carbocycles. The van der Waals surface area contributed by atoms with Gasteiger partial charge in [-0.3, -0.25) is 4.79 Å². The van der Waals surface area contributed by atoms with E-state index in [2.05, 4.69) is 76.4 Å². The van der Waals surface area contributed by atoms with Crippen molar-refractivity contribution in [1.82, 2.24) is 14.9 Å². The topological polar surface area (TPSA) is 94.6 Å². The van der Waals surface area contributed by atoms with Crippen molar-refractivity contribution in [2.24, 2.45) is 0 Å². The maximum absolute atomic E-state index is 12.2. The van der Waals surface area contributed by atoms with Gasteiger partial charge in [0.05, 0.1) is 28.6 Å². The Balaban J connectivity index is 1.62. The number of rotatable bonds is 11. The minimum atomic E-state index is -0.302. The lowest BCUT2D eigenvalue weighted by atomic mass is 10.1. The average molecular weight is 581 g/mol. The second-order valence-electron chi connectivity index (χ2n) is 9.47. The second kappa shape index (κ2) is 12.3. The Hall–Kier alpha value is -3.63. The fraction of sp³-hybridized carbons (Fsp3) is 0.321. The summed E-state index contributed by atoms with van der Waals surface area (Å²) in [6, 6.07) is 10.2. The van der Waals surface area contributed by atoms with E-state index in [1.54, 1.807) is 13.3 Å². The van der Waals surface area contributed by atoms with Crippen LogP contribution >= 0.6 is 15.9 Å². The molecular weight excluding hydrogens is 546 g/mol. The number of aryl methyl sites for hydroxylation is 2. The van der Waals surface area contributed by atoms with E-state index in [0.29, 0.717) is 28.9 Å². The summed E-state index contributed by atoms with van der Waals surface area (Å²) in [5.74, 6) is 1.31. The SMILES string of the molecule is C=CC(=O)Nc1cc(Nc2ncc(Br)c(Nc3ccc4c(c3)CCC4)n2)c(OC)cc1N(C)CCN(C)C. The molecule has 1 heterocycles. The quantitative estimate of drug-likeness (QED) is 0.262. The molecule has 1 aliphatic rings. The molecule has 0 aliphatic heterocycles. The van der Waals surface area contributed by atoms with E-state index in [4.69, 9.17) is 4.74 Å². The minimum Gasteiger partial charge on any atom is -0.494 e. The third kappa shape index (κ3) is 6.62. The van der Waals surface area contributed by atoms with Gasteiger partial charge in [0.25, 0.3) is 0 Å². The molecule has 1 aromatic heterocycles. The van der Waals surface area contributed by atoms with Gasteiger partial charge in [-0.15, -0.1) is 0 Å². The first-order valence-electron chi connectivity index (χ1n) is 12.5. The molecule has 3 aromatic rings. The summed E-state index contributed by atoms with van der Waals surface area (Å²) in [4.78, 5) is 25.5. The van der Waals surface area contributed by atoms with Crippen molar-refractivity contribution in [3.63, 3.8) is 0 Å². The summed E-state index contributed by atoms with van der Waals surface area (Å²) < 4.78 is 6.44. The van der Waals surface area contributed by atoms with Crippen molar-refractivity contribution in [2.45, 2.75) is 19.3 Å². The molecule has 0 saturated carbocycles. The van der Waals surface area contributed by atoms with Gasteiger partial charge < -0.3 is 30.5 Å². The van der Waals surface area contributed by atoms with Crippen LogP contribution in [0.5, 0.6) is 5.75 Å². The molecule has 4 rings (SSSR count). The van der Waals surface area contributed by atoms with Crippen molar-refractivity contribution in [3.05, 3.63) is 64.8 Å². The Kier molecular flexibility index (Phi) is 8.85. The first kappa shape index (κ1) is 27.4. The molecule has 0 unspecified atom stereocenters. The number of nitrogens with zero attached hydrogens (tertiary/aromatic N) is 4. The molecule has 0 saturated heterocycles. The first-order chi connectivity index (χ1) is 18.3. The molecule has 0 atom stereocenters. The molecule has 0 radical (unpaired) electrons. The molecular formula is C28H34BrN7O2. The van der Waals surface area contributed by atoms with Gasteiger partial charge in [-0.05, 0) is 84.7 Å². The Morgan fingerprint density at radius 1 is 1.11 bits per heavy atom. The van der Waals surface area contributed by atoms with Gasteiger partial charge in [0.15, 0.2) is 0 Å². The van der Waals surface area contributed by atoms with Gasteiger partial charge in [0.1, 0.15) is 11.6 Å². The molecule has 38 heavy (non-hydrogen) atoms. The summed E-state index contributed by atoms with van der Waals surface area (Å²) >= 11 is 3.56. The number of carbonyl (C=O) groups excluding carboxylic acids is 1. The smallest absolute Gasteiger partial charge is 0.247 e. The van der Waals surface area contributed by atoms with Crippen molar-refractivity contribution in [1.29, 1.82) is 0 Å². The predicted octanol–water partition coefficient (Wildman–Crippen LogP) is 5.35. The zero-order valence-corrected chi connectivity index (χ0v) is 23.9. The van der Waals surface area contributed by atoms with E-state index in [9.17, 15) is 4.79 Å². The number of aromatic nitrogens is 2. The summed E-state index contributed by atoms with van der Waals surface area (Å²) in [7, 11) is 7.63. The molecule has 10 heteroatoms. The zero-order chi connectivity index (χ0) is 27.2. The third-order valence-electron chi connectivity index (χ3n) is 6.41. The summed E-state index contributed by atoms with van der Waals surface area (Å²) in [6.07, 6.45) is 6.39. The summed E-state index contributed by atoms with van der Waals surface area (Å²) in [5, 5.41) is 9.57. The van der Waals surface area contributed by atoms with E-state index in [1.165, 1.54) is 23.6 Å². The van der Waals surface area contributed by atoms with Gasteiger partial charge >= 0.3 is 0 Å². The number of hydrogen-bond donors (Lipinski definition) is 3. The maximum Gasteiger partial charge on any atom is 0.247 e. The maximum atomic E-state index is 12.2. The standard InChI is InChI=1S/C28H34BrN7O2/c1-6-26(37)32-22-15-23(25(38-5)16-24(22)36(4)13-12-35(2)3)33-28-30-17-21(29)27(34-28)31-20-11-10-18-8-7-9-19(18)14-20/h6,10-11,14-17H,1,7-9,12-13H2,2-5H3,(H,32,37)(H2,30,31,33,34). The van der Waals surface area contributed by atoms with Crippen molar-refractivity contribution in [2.75, 3.05) is 62.2 Å². The van der Waals surface area contributed by atoms with Crippen LogP contribution in [0.4, 0.5) is 34.5 Å². The Morgan fingerprint density at radius 2 is 1.89 bits per heavy atom. The van der Waals surface area contributed by atoms with Crippen LogP contribution in [0.3, 0.4) is 0 Å². The molecule has 0 bridgehead atoms. The number of ether oxygens (including phenoxy) is 1. The van der Waals surface area contributed by atoms with Crippen LogP contribution in [-0.2, 0) is 17.6 Å². The van der Waals surface area contributed by atoms with Gasteiger partial charge in [-0.25, -0.2) is 4.98 Å². The molecule has 0 spiro atoms. The Morgan fingerprint density at radius 3 is 2.63 bits per heavy atom. The molecule has 3 N–H and O–H groups in total. The van der Waals surface area contributed by atoms with Gasteiger partial charge in [-0.1, -0.05) is 12.6 Å². The van der Waals surface area contributed by atoms with Crippen LogP contribution in [-0.4, -0.2) is 62.1 Å². The van der Waals surface area contributed by atoms with Crippen molar-refractivity contribution >= 4 is 56.4 Å². The largest absolute Gasteiger partial charge is 0.494 e. The van der Waals surface area contributed by atoms with E-state index in [1.807, 2.05) is 33.3 Å². The Bertz CT molecular complexity index is 1330. The minimum absolute atomic E-state index is 0.302. The number of carbonyl (C=O) groups is 1. The number of halogens is 1. The molecule has 1 aliphatic carbocycles. The van der Waals surface area contributed by atoms with Crippen LogP contribution < -0.4 is 25.6 Å². The van der Waals surface area contributed by atoms with Crippen LogP contribution in [0.2, 0.25) is 0 Å². The number of anilines is 6. The highest BCUT2D eigenvalue weighted by Crippen LogP contribution is 2.38. The lowest BCUT2D eigenvalue weighted by molar-refractivity contribution is -0.111. The van der Waals surface area contributed by atoms with E-state index in [-0.39, 0.29) is 5.91 Å². The van der Waals surface area contributed by atoms with Crippen LogP contribution in [0.15, 0.2) is 53.7 Å². The van der Waals surface area contributed by atoms with Crippen LogP contribution in [0, 0.1) is 0 Å². The fourth-order valence-electron chi connectivity index (χ4n) is 4.33. The summed E-state index contributed by atoms with van der Waals surface area (Å²) in [5.41, 5.74) is 5.83.